The topological polar surface area (TPSA) is 38.3 Å². The van der Waals surface area contributed by atoms with Gasteiger partial charge in [0.05, 0.1) is 0 Å². The first kappa shape index (κ1) is 12.6. The summed E-state index contributed by atoms with van der Waals surface area (Å²) in [5.41, 5.74) is 1.74. The molecule has 2 aromatic rings. The molecule has 0 unspecified atom stereocenters. The predicted molar refractivity (Wildman–Crippen MR) is 75.3 cm³/mol. The molecule has 0 aliphatic carbocycles. The fraction of sp³-hybridized carbons (Fsp3) is 0.0714. The summed E-state index contributed by atoms with van der Waals surface area (Å²) >= 11 is 3.18. The van der Waals surface area contributed by atoms with E-state index < -0.39 is 0 Å². The van der Waals surface area contributed by atoms with Gasteiger partial charge >= 0.3 is 0 Å². The SMILES string of the molecule is O=C(Nc1ccccc1)c1cccc(OCBr)c1. The zero-order valence-electron chi connectivity index (χ0n) is 9.60. The minimum Gasteiger partial charge on any atom is -0.482 e. The average molecular weight is 306 g/mol. The van der Waals surface area contributed by atoms with Crippen LogP contribution in [0.15, 0.2) is 54.6 Å². The van der Waals surface area contributed by atoms with Crippen LogP contribution in [0.2, 0.25) is 0 Å². The molecular formula is C14H12BrNO2. The number of carbonyl (C=O) groups is 1. The molecule has 18 heavy (non-hydrogen) atoms. The lowest BCUT2D eigenvalue weighted by Gasteiger charge is -2.07. The molecule has 0 fully saturated rings. The third kappa shape index (κ3) is 3.34. The highest BCUT2D eigenvalue weighted by atomic mass is 79.9. The number of hydrogen-bond acceptors (Lipinski definition) is 2. The van der Waals surface area contributed by atoms with Crippen molar-refractivity contribution in [3.05, 3.63) is 60.2 Å². The van der Waals surface area contributed by atoms with E-state index in [4.69, 9.17) is 4.74 Å². The zero-order valence-corrected chi connectivity index (χ0v) is 11.2. The van der Waals surface area contributed by atoms with E-state index in [9.17, 15) is 4.79 Å². The van der Waals surface area contributed by atoms with Gasteiger partial charge in [0.1, 0.15) is 11.3 Å². The fourth-order valence-electron chi connectivity index (χ4n) is 1.51. The largest absolute Gasteiger partial charge is 0.482 e. The minimum atomic E-state index is -0.152. The maximum absolute atomic E-state index is 12.0. The summed E-state index contributed by atoms with van der Waals surface area (Å²) in [5, 5.41) is 2.82. The monoisotopic (exact) mass is 305 g/mol. The smallest absolute Gasteiger partial charge is 0.255 e. The Morgan fingerprint density at radius 3 is 2.61 bits per heavy atom. The molecule has 0 heterocycles. The van der Waals surface area contributed by atoms with Crippen LogP contribution in [-0.2, 0) is 0 Å². The highest BCUT2D eigenvalue weighted by Gasteiger charge is 2.06. The number of anilines is 1. The number of rotatable bonds is 4. The fourth-order valence-corrected chi connectivity index (χ4v) is 1.78. The van der Waals surface area contributed by atoms with Crippen LogP contribution in [0.1, 0.15) is 10.4 Å². The Bertz CT molecular complexity index is 528. The lowest BCUT2D eigenvalue weighted by molar-refractivity contribution is 0.102. The maximum Gasteiger partial charge on any atom is 0.255 e. The van der Waals surface area contributed by atoms with Crippen molar-refractivity contribution in [3.8, 4) is 5.75 Å². The van der Waals surface area contributed by atoms with E-state index in [0.717, 1.165) is 5.69 Å². The van der Waals surface area contributed by atoms with Crippen LogP contribution in [0.4, 0.5) is 5.69 Å². The molecule has 1 amide bonds. The van der Waals surface area contributed by atoms with Crippen molar-refractivity contribution in [2.45, 2.75) is 0 Å². The van der Waals surface area contributed by atoms with Crippen LogP contribution in [0.25, 0.3) is 0 Å². The molecule has 2 rings (SSSR count). The first-order valence-electron chi connectivity index (χ1n) is 5.45. The van der Waals surface area contributed by atoms with E-state index in [1.165, 1.54) is 0 Å². The Hall–Kier alpha value is -1.81. The number of para-hydroxylation sites is 1. The summed E-state index contributed by atoms with van der Waals surface area (Å²) in [4.78, 5) is 12.0. The van der Waals surface area contributed by atoms with Crippen LogP contribution in [-0.4, -0.2) is 11.4 Å². The highest BCUT2D eigenvalue weighted by molar-refractivity contribution is 9.09. The van der Waals surface area contributed by atoms with Crippen molar-refractivity contribution in [1.29, 1.82) is 0 Å². The molecule has 0 aliphatic rings. The van der Waals surface area contributed by atoms with Gasteiger partial charge in [0.15, 0.2) is 0 Å². The number of carbonyl (C=O) groups excluding carboxylic acids is 1. The van der Waals surface area contributed by atoms with Gasteiger partial charge in [-0.15, -0.1) is 0 Å². The Labute approximate surface area is 114 Å². The Morgan fingerprint density at radius 1 is 1.11 bits per heavy atom. The van der Waals surface area contributed by atoms with Crippen molar-refractivity contribution >= 4 is 27.5 Å². The van der Waals surface area contributed by atoms with Crippen LogP contribution in [0.5, 0.6) is 5.75 Å². The normalized spacial score (nSPS) is 9.83. The van der Waals surface area contributed by atoms with Crippen LogP contribution in [0.3, 0.4) is 0 Å². The van der Waals surface area contributed by atoms with E-state index in [1.54, 1.807) is 24.3 Å². The van der Waals surface area contributed by atoms with Crippen molar-refractivity contribution < 1.29 is 9.53 Å². The van der Waals surface area contributed by atoms with Crippen LogP contribution in [0, 0.1) is 0 Å². The van der Waals surface area contributed by atoms with Gasteiger partial charge in [-0.3, -0.25) is 4.79 Å². The third-order valence-electron chi connectivity index (χ3n) is 2.35. The summed E-state index contributed by atoms with van der Waals surface area (Å²) in [6, 6.07) is 16.4. The van der Waals surface area contributed by atoms with Crippen LogP contribution < -0.4 is 10.1 Å². The van der Waals surface area contributed by atoms with Crippen LogP contribution >= 0.6 is 15.9 Å². The van der Waals surface area contributed by atoms with E-state index >= 15 is 0 Å². The molecule has 0 radical (unpaired) electrons. The van der Waals surface area contributed by atoms with Crippen molar-refractivity contribution in [2.75, 3.05) is 10.8 Å². The predicted octanol–water partition coefficient (Wildman–Crippen LogP) is 3.67. The van der Waals surface area contributed by atoms with Gasteiger partial charge in [0.2, 0.25) is 0 Å². The number of alkyl halides is 1. The molecule has 4 heteroatoms. The Morgan fingerprint density at radius 2 is 1.89 bits per heavy atom. The van der Waals surface area contributed by atoms with Gasteiger partial charge < -0.3 is 10.1 Å². The molecule has 0 saturated heterocycles. The molecular weight excluding hydrogens is 294 g/mol. The highest BCUT2D eigenvalue weighted by Crippen LogP contribution is 2.15. The molecule has 3 nitrogen and oxygen atoms in total. The number of halogens is 1. The number of amides is 1. The van der Waals surface area contributed by atoms with Gasteiger partial charge in [-0.05, 0) is 46.3 Å². The number of benzene rings is 2. The summed E-state index contributed by atoms with van der Waals surface area (Å²) in [6.45, 7) is 0. The summed E-state index contributed by atoms with van der Waals surface area (Å²) in [6.07, 6.45) is 0. The number of hydrogen-bond donors (Lipinski definition) is 1. The Kier molecular flexibility index (Phi) is 4.36. The molecule has 2 aromatic carbocycles. The van der Waals surface area contributed by atoms with E-state index in [0.29, 0.717) is 16.8 Å². The van der Waals surface area contributed by atoms with Crippen molar-refractivity contribution in [1.82, 2.24) is 0 Å². The molecule has 1 N–H and O–H groups in total. The molecule has 0 aromatic heterocycles. The lowest BCUT2D eigenvalue weighted by Crippen LogP contribution is -2.11. The second-order valence-corrected chi connectivity index (χ2v) is 4.06. The zero-order chi connectivity index (χ0) is 12.8. The van der Waals surface area contributed by atoms with Gasteiger partial charge in [0.25, 0.3) is 5.91 Å². The van der Waals surface area contributed by atoms with E-state index in [2.05, 4.69) is 21.2 Å². The van der Waals surface area contributed by atoms with Gasteiger partial charge in [0, 0.05) is 11.3 Å². The first-order valence-corrected chi connectivity index (χ1v) is 6.57. The van der Waals surface area contributed by atoms with Gasteiger partial charge in [-0.1, -0.05) is 24.3 Å². The Balaban J connectivity index is 2.11. The van der Waals surface area contributed by atoms with Gasteiger partial charge in [-0.2, -0.15) is 0 Å². The number of ether oxygens (including phenoxy) is 1. The lowest BCUT2D eigenvalue weighted by atomic mass is 10.2. The summed E-state index contributed by atoms with van der Waals surface area (Å²) in [7, 11) is 0. The molecule has 92 valence electrons. The second kappa shape index (κ2) is 6.21. The third-order valence-corrected chi connectivity index (χ3v) is 2.58. The molecule has 0 bridgehead atoms. The number of nitrogens with one attached hydrogen (secondary N) is 1. The average Bonchev–Trinajstić information content (AvgIpc) is 2.40. The quantitative estimate of drug-likeness (QED) is 0.875. The summed E-state index contributed by atoms with van der Waals surface area (Å²) < 4.78 is 5.28. The van der Waals surface area contributed by atoms with Crippen molar-refractivity contribution in [3.63, 3.8) is 0 Å². The minimum absolute atomic E-state index is 0.152. The van der Waals surface area contributed by atoms with E-state index in [-0.39, 0.29) is 5.91 Å². The molecule has 0 spiro atoms. The van der Waals surface area contributed by atoms with Gasteiger partial charge in [-0.25, -0.2) is 0 Å². The van der Waals surface area contributed by atoms with Crippen molar-refractivity contribution in [2.24, 2.45) is 0 Å². The molecule has 0 saturated carbocycles. The molecule has 0 aliphatic heterocycles. The van der Waals surface area contributed by atoms with E-state index in [1.807, 2.05) is 30.3 Å². The molecule has 0 atom stereocenters. The maximum atomic E-state index is 12.0. The second-order valence-electron chi connectivity index (χ2n) is 3.60. The summed E-state index contributed by atoms with van der Waals surface area (Å²) in [5.74, 6) is 0.508. The first-order chi connectivity index (χ1) is 8.79. The standard InChI is InChI=1S/C14H12BrNO2/c15-10-18-13-8-4-5-11(9-13)14(17)16-12-6-2-1-3-7-12/h1-9H,10H2,(H,16,17).